The molecule has 13 rings (SSSR count). The van der Waals surface area contributed by atoms with Crippen molar-refractivity contribution in [2.45, 2.75) is 216 Å². The van der Waals surface area contributed by atoms with Crippen LogP contribution >= 0.6 is 0 Å². The first-order valence-corrected chi connectivity index (χ1v) is 43.9. The molecule has 18 nitrogen and oxygen atoms in total. The molecule has 0 saturated carbocycles. The molecule has 10 aromatic carbocycles. The zero-order valence-corrected chi connectivity index (χ0v) is 69.9. The van der Waals surface area contributed by atoms with Crippen LogP contribution in [0.2, 0.25) is 5.04 Å². The number of methoxy groups -OCH3 is 1. The number of esters is 1. The lowest BCUT2D eigenvalue weighted by atomic mass is 9.95. The average molecular weight is 1630 g/mol. The van der Waals surface area contributed by atoms with Crippen molar-refractivity contribution in [1.82, 2.24) is 0 Å². The van der Waals surface area contributed by atoms with Gasteiger partial charge in [-0.15, -0.1) is 0 Å². The number of carbonyl (C=O) groups excluding carboxylic acids is 1. The van der Waals surface area contributed by atoms with Crippen molar-refractivity contribution in [3.8, 4) is 0 Å². The number of hydrogen-bond acceptors (Lipinski definition) is 18. The summed E-state index contributed by atoms with van der Waals surface area (Å²) in [5.41, 5.74) is 7.21. The third-order valence-corrected chi connectivity index (χ3v) is 27.0. The fourth-order valence-electron chi connectivity index (χ4n) is 15.9. The lowest BCUT2D eigenvalue weighted by molar-refractivity contribution is -0.401. The van der Waals surface area contributed by atoms with Crippen LogP contribution in [0.25, 0.3) is 0 Å². The maximum absolute atomic E-state index is 13.7. The molecule has 0 bridgehead atoms. The largest absolute Gasteiger partial charge is 0.469 e. The number of rotatable bonds is 45. The summed E-state index contributed by atoms with van der Waals surface area (Å²) in [5.74, 6) is -0.206. The third kappa shape index (κ3) is 25.4. The zero-order chi connectivity index (χ0) is 82.1. The van der Waals surface area contributed by atoms with Crippen molar-refractivity contribution in [3.63, 3.8) is 0 Å². The van der Waals surface area contributed by atoms with Gasteiger partial charge < -0.3 is 80.6 Å². The van der Waals surface area contributed by atoms with Crippen molar-refractivity contribution in [1.29, 1.82) is 0 Å². The van der Waals surface area contributed by atoms with Crippen molar-refractivity contribution in [3.05, 3.63) is 348 Å². The Balaban J connectivity index is 0.966. The summed E-state index contributed by atoms with van der Waals surface area (Å²) >= 11 is 0. The van der Waals surface area contributed by atoms with Crippen molar-refractivity contribution < 1.29 is 85.4 Å². The molecule has 0 aromatic heterocycles. The van der Waals surface area contributed by atoms with Gasteiger partial charge in [0, 0.05) is 13.0 Å². The number of hydrogen-bond donors (Lipinski definition) is 1. The molecular weight excluding hydrogens is 1520 g/mol. The highest BCUT2D eigenvalue weighted by atomic mass is 28.4. The van der Waals surface area contributed by atoms with Crippen LogP contribution in [0.3, 0.4) is 0 Å². The number of benzene rings is 10. The van der Waals surface area contributed by atoms with E-state index in [1.54, 1.807) is 0 Å². The van der Waals surface area contributed by atoms with Crippen LogP contribution in [-0.4, -0.2) is 145 Å². The van der Waals surface area contributed by atoms with Gasteiger partial charge in [0.15, 0.2) is 18.9 Å². The lowest BCUT2D eigenvalue weighted by Crippen LogP contribution is -2.70. The molecule has 0 amide bonds. The van der Waals surface area contributed by atoms with Gasteiger partial charge in [-0.05, 0) is 72.8 Å². The Kier molecular flexibility index (Phi) is 34.3. The van der Waals surface area contributed by atoms with E-state index in [1.165, 1.54) is 7.11 Å². The Bertz CT molecular complexity index is 4400. The number of aliphatic hydroxyl groups is 1. The molecule has 0 unspecified atom stereocenters. The third-order valence-electron chi connectivity index (χ3n) is 22.0. The van der Waals surface area contributed by atoms with E-state index in [1.807, 2.05) is 255 Å². The summed E-state index contributed by atoms with van der Waals surface area (Å²) in [4.78, 5) is 12.1. The van der Waals surface area contributed by atoms with E-state index >= 15 is 0 Å². The first-order valence-electron chi connectivity index (χ1n) is 42.0. The normalized spacial score (nSPS) is 23.4. The first-order chi connectivity index (χ1) is 58.5. The van der Waals surface area contributed by atoms with Gasteiger partial charge in [0.25, 0.3) is 8.32 Å². The van der Waals surface area contributed by atoms with Crippen LogP contribution in [0.4, 0.5) is 0 Å². The van der Waals surface area contributed by atoms with Gasteiger partial charge in [-0.3, -0.25) is 4.79 Å². The van der Waals surface area contributed by atoms with Crippen molar-refractivity contribution >= 4 is 24.7 Å². The summed E-state index contributed by atoms with van der Waals surface area (Å²) in [7, 11) is -1.94. The van der Waals surface area contributed by atoms with Gasteiger partial charge in [0.2, 0.25) is 0 Å². The predicted molar refractivity (Wildman–Crippen MR) is 458 cm³/mol. The van der Waals surface area contributed by atoms with E-state index in [2.05, 4.69) is 69.3 Å². The number of aliphatic hydroxyl groups excluding tert-OH is 1. The minimum Gasteiger partial charge on any atom is -0.469 e. The molecule has 3 saturated heterocycles. The second-order valence-corrected chi connectivity index (χ2v) is 36.0. The summed E-state index contributed by atoms with van der Waals surface area (Å²) in [5, 5.41) is 15.4. The van der Waals surface area contributed by atoms with Crippen LogP contribution in [0, 0.1) is 0 Å². The second kappa shape index (κ2) is 46.3. The van der Waals surface area contributed by atoms with Crippen molar-refractivity contribution in [2.75, 3.05) is 33.5 Å². The van der Waals surface area contributed by atoms with Gasteiger partial charge in [0.1, 0.15) is 73.2 Å². The van der Waals surface area contributed by atoms with Gasteiger partial charge in [0.05, 0.1) is 79.8 Å². The van der Waals surface area contributed by atoms with Gasteiger partial charge in [-0.2, -0.15) is 0 Å². The molecule has 19 heteroatoms. The Labute approximate surface area is 703 Å². The Morgan fingerprint density at radius 2 is 0.622 bits per heavy atom. The number of carbonyl (C=O) groups is 1. The van der Waals surface area contributed by atoms with E-state index in [9.17, 15) is 9.90 Å². The minimum atomic E-state index is -3.37. The number of ether oxygens (including phenoxy) is 15. The van der Waals surface area contributed by atoms with Gasteiger partial charge >= 0.3 is 5.97 Å². The van der Waals surface area contributed by atoms with Gasteiger partial charge in [-0.1, -0.05) is 350 Å². The molecule has 3 fully saturated rings. The van der Waals surface area contributed by atoms with Crippen LogP contribution < -0.4 is 10.4 Å². The quantitative estimate of drug-likeness (QED) is 0.0216. The van der Waals surface area contributed by atoms with E-state index in [4.69, 9.17) is 75.5 Å². The molecule has 0 radical (unpaired) electrons. The molecule has 628 valence electrons. The summed E-state index contributed by atoms with van der Waals surface area (Å²) < 4.78 is 116. The predicted octanol–water partition coefficient (Wildman–Crippen LogP) is 16.7. The molecule has 119 heavy (non-hydrogen) atoms. The highest BCUT2D eigenvalue weighted by molar-refractivity contribution is 6.99. The molecule has 1 N–H and O–H groups in total. The molecule has 3 heterocycles. The SMILES string of the molecule is COC(=O)CCCCCCCCO[C@@H]1O[C@H](CO[Si](c2ccccc2)(c2ccccc2)C(C)(C)C)[C@@H](OCc2ccccc2)[C@H](O[C@H]2O[C@H](COCc3ccccc3)[C@@H](OCc3ccccc3)[C@H](OCc3ccccc3)[C@@H]2O[C@H]2O[C@H](COCc3ccccc3)[C@@H](OCc3ccccc3)[C@H](OCc3ccccc3)[C@@H]2O)[C@@H]1OCc1ccccc1. The second-order valence-electron chi connectivity index (χ2n) is 31.7. The smallest absolute Gasteiger partial charge is 0.305 e. The summed E-state index contributed by atoms with van der Waals surface area (Å²) in [6.07, 6.45) is -12.0. The highest BCUT2D eigenvalue weighted by Crippen LogP contribution is 2.42. The average Bonchev–Trinajstić information content (AvgIpc) is 0.755. The van der Waals surface area contributed by atoms with Crippen LogP contribution in [-0.2, 0) is 133 Å². The molecule has 0 spiro atoms. The van der Waals surface area contributed by atoms with E-state index < -0.39 is 105 Å². The highest BCUT2D eigenvalue weighted by Gasteiger charge is 2.59. The van der Waals surface area contributed by atoms with E-state index in [0.29, 0.717) is 12.8 Å². The van der Waals surface area contributed by atoms with Crippen LogP contribution in [0.15, 0.2) is 303 Å². The molecule has 0 aliphatic carbocycles. The first kappa shape index (κ1) is 88.0. The van der Waals surface area contributed by atoms with Crippen LogP contribution in [0.5, 0.6) is 0 Å². The summed E-state index contributed by atoms with van der Waals surface area (Å²) in [6, 6.07) is 101. The van der Waals surface area contributed by atoms with E-state index in [-0.39, 0.29) is 85.3 Å². The molecule has 10 aromatic rings. The number of unbranched alkanes of at least 4 members (excludes halogenated alkanes) is 5. The zero-order valence-electron chi connectivity index (χ0n) is 68.9. The molecular formula is C100H116O18Si. The fourth-order valence-corrected chi connectivity index (χ4v) is 20.4. The minimum absolute atomic E-state index is 0.00320. The Morgan fingerprint density at radius 3 is 1.02 bits per heavy atom. The summed E-state index contributed by atoms with van der Waals surface area (Å²) in [6.45, 7) is 8.13. The standard InChI is InChI=1S/C100H116O18Si/c1-100(2,3)119(82-57-35-17-36-58-82,83-59-37-18-38-60-83)113-73-86-91(109-67-78-49-27-13-28-50-78)94(95(112-70-81-55-33-16-34-56-81)98(115-86)106-62-40-8-6-5-7-39-61-87(101)103-4)117-99-96(93(111-69-80-53-31-15-32-54-80)90(108-66-77-47-25-12-26-48-77)85(116-99)72-105-64-75-43-21-10-22-44-75)118-97-88(102)92(110-68-79-51-29-14-30-52-79)89(107-65-76-45-23-11-24-46-76)84(114-97)71-104-63-74-41-19-9-20-42-74/h9-38,41-60,84-86,88-99,102H,5-8,39-40,61-73H2,1-4H3/t84-,85-,86-,88+,89-,90-,91-,92-,93+,94+,95+,96+,97-,98-,99-/m1/s1. The van der Waals surface area contributed by atoms with Crippen molar-refractivity contribution in [2.24, 2.45) is 0 Å². The lowest BCUT2D eigenvalue weighted by Gasteiger charge is -2.52. The fraction of sp³-hybridized carbons (Fsp3) is 0.390. The van der Waals surface area contributed by atoms with Crippen LogP contribution in [0.1, 0.15) is 110 Å². The Hall–Kier alpha value is -8.75. The molecule has 3 aliphatic rings. The monoisotopic (exact) mass is 1630 g/mol. The van der Waals surface area contributed by atoms with E-state index in [0.717, 1.165) is 87.0 Å². The maximum Gasteiger partial charge on any atom is 0.305 e. The maximum atomic E-state index is 13.7. The topological polar surface area (TPSA) is 185 Å². The van der Waals surface area contributed by atoms with Gasteiger partial charge in [-0.25, -0.2) is 0 Å². The molecule has 15 atom stereocenters. The molecule has 3 aliphatic heterocycles. The Morgan fingerprint density at radius 1 is 0.319 bits per heavy atom.